The van der Waals surface area contributed by atoms with Gasteiger partial charge in [-0.2, -0.15) is 0 Å². The van der Waals surface area contributed by atoms with E-state index in [-0.39, 0.29) is 38.1 Å². The quantitative estimate of drug-likeness (QED) is 0.422. The fourth-order valence-corrected chi connectivity index (χ4v) is 6.27. The van der Waals surface area contributed by atoms with Crippen molar-refractivity contribution in [2.45, 2.75) is 50.4 Å². The van der Waals surface area contributed by atoms with Crippen LogP contribution in [0.15, 0.2) is 36.9 Å². The molecule has 0 aromatic heterocycles. The van der Waals surface area contributed by atoms with Gasteiger partial charge in [0.1, 0.15) is 17.6 Å². The number of likely N-dealkylation sites (tertiary alicyclic amines) is 1. The third kappa shape index (κ3) is 3.63. The molecule has 2 unspecified atom stereocenters. The van der Waals surface area contributed by atoms with Crippen molar-refractivity contribution in [2.75, 3.05) is 31.2 Å². The van der Waals surface area contributed by atoms with E-state index in [0.717, 1.165) is 0 Å². The molecule has 1 N–H and O–H groups in total. The number of esters is 1. The molecular formula is C25H31ClN2O6. The van der Waals surface area contributed by atoms with E-state index < -0.39 is 35.0 Å². The van der Waals surface area contributed by atoms with Gasteiger partial charge in [0, 0.05) is 19.7 Å². The Balaban J connectivity index is 1.80. The number of aliphatic hydroxyl groups excluding tert-OH is 1. The van der Waals surface area contributed by atoms with E-state index in [4.69, 9.17) is 21.1 Å². The lowest BCUT2D eigenvalue weighted by molar-refractivity contribution is -0.159. The van der Waals surface area contributed by atoms with Gasteiger partial charge in [0.25, 0.3) is 5.91 Å². The summed E-state index contributed by atoms with van der Waals surface area (Å²) in [6, 6.07) is 6.03. The summed E-state index contributed by atoms with van der Waals surface area (Å²) in [6.07, 6.45) is 2.89. The molecule has 8 nitrogen and oxygen atoms in total. The molecule has 3 aliphatic heterocycles. The highest BCUT2D eigenvalue weighted by Gasteiger charge is 2.78. The van der Waals surface area contributed by atoms with E-state index >= 15 is 0 Å². The summed E-state index contributed by atoms with van der Waals surface area (Å²) >= 11 is 6.43. The van der Waals surface area contributed by atoms with Crippen LogP contribution >= 0.6 is 11.6 Å². The van der Waals surface area contributed by atoms with Gasteiger partial charge in [0.2, 0.25) is 5.91 Å². The van der Waals surface area contributed by atoms with Gasteiger partial charge >= 0.3 is 5.97 Å². The zero-order chi connectivity index (χ0) is 24.7. The van der Waals surface area contributed by atoms with Gasteiger partial charge in [-0.15, -0.1) is 6.58 Å². The minimum atomic E-state index is -1.16. The maximum absolute atomic E-state index is 14.2. The fourth-order valence-electron chi connectivity index (χ4n) is 6.03. The van der Waals surface area contributed by atoms with Gasteiger partial charge in [-0.25, -0.2) is 0 Å². The summed E-state index contributed by atoms with van der Waals surface area (Å²) in [5.41, 5.74) is -1.54. The third-order valence-corrected chi connectivity index (χ3v) is 7.65. The first-order valence-electron chi connectivity index (χ1n) is 11.7. The molecule has 2 amide bonds. The van der Waals surface area contributed by atoms with Gasteiger partial charge in [-0.05, 0) is 45.2 Å². The predicted molar refractivity (Wildman–Crippen MR) is 126 cm³/mol. The number of rotatable bonds is 9. The molecule has 3 aliphatic rings. The molecule has 3 fully saturated rings. The Morgan fingerprint density at radius 1 is 1.38 bits per heavy atom. The number of amides is 2. The average Bonchev–Trinajstić information content (AvgIpc) is 3.37. The van der Waals surface area contributed by atoms with Crippen molar-refractivity contribution in [2.24, 2.45) is 11.8 Å². The lowest BCUT2D eigenvalue weighted by atomic mass is 9.66. The highest BCUT2D eigenvalue weighted by Crippen LogP contribution is 2.63. The van der Waals surface area contributed by atoms with Crippen LogP contribution in [0.25, 0.3) is 0 Å². The van der Waals surface area contributed by atoms with Crippen LogP contribution in [0, 0.1) is 11.8 Å². The second-order valence-electron chi connectivity index (χ2n) is 9.28. The number of aliphatic hydroxyl groups is 1. The Bertz CT molecular complexity index is 1000. The maximum Gasteiger partial charge on any atom is 0.312 e. The van der Waals surface area contributed by atoms with Gasteiger partial charge in [0.05, 0.1) is 28.8 Å². The van der Waals surface area contributed by atoms with Gasteiger partial charge in [-0.1, -0.05) is 29.8 Å². The van der Waals surface area contributed by atoms with Gasteiger partial charge in [0.15, 0.2) is 0 Å². The van der Waals surface area contributed by atoms with E-state index in [1.807, 2.05) is 6.92 Å². The van der Waals surface area contributed by atoms with Crippen LogP contribution in [0.3, 0.4) is 0 Å². The van der Waals surface area contributed by atoms with E-state index in [0.29, 0.717) is 30.0 Å². The van der Waals surface area contributed by atoms with Crippen molar-refractivity contribution in [1.82, 2.24) is 4.90 Å². The molecule has 0 saturated carbocycles. The van der Waals surface area contributed by atoms with Crippen molar-refractivity contribution >= 4 is 35.1 Å². The number of ether oxygens (including phenoxy) is 2. The normalized spacial score (nSPS) is 31.5. The number of carbonyl (C=O) groups excluding carboxylic acids is 3. The van der Waals surface area contributed by atoms with Crippen molar-refractivity contribution in [3.05, 3.63) is 41.9 Å². The van der Waals surface area contributed by atoms with Crippen LogP contribution < -0.4 is 4.90 Å². The first-order valence-corrected chi connectivity index (χ1v) is 12.1. The molecule has 34 heavy (non-hydrogen) atoms. The van der Waals surface area contributed by atoms with E-state index in [2.05, 4.69) is 6.58 Å². The second-order valence-corrected chi connectivity index (χ2v) is 9.68. The van der Waals surface area contributed by atoms with E-state index in [1.54, 1.807) is 37.3 Å². The molecule has 184 valence electrons. The molecular weight excluding hydrogens is 460 g/mol. The van der Waals surface area contributed by atoms with E-state index in [1.165, 1.54) is 9.80 Å². The number of benzene rings is 1. The highest BCUT2D eigenvalue weighted by molar-refractivity contribution is 6.34. The molecule has 2 bridgehead atoms. The molecule has 4 rings (SSSR count). The minimum absolute atomic E-state index is 0.136. The monoisotopic (exact) mass is 490 g/mol. The lowest BCUT2D eigenvalue weighted by Gasteiger charge is -2.37. The minimum Gasteiger partial charge on any atom is -0.466 e. The molecule has 1 aromatic rings. The zero-order valence-corrected chi connectivity index (χ0v) is 20.3. The standard InChI is InChI=1S/C25H31ClN2O6/c1-4-13-27(17-10-7-6-9-16(17)26)22(31)20-25-12-11-24(3,34-25)19(23(32)33-5-2)18(25)21(30)28(20)14-8-15-29/h4,6-7,9-10,18-20,29H,1,5,8,11-15H2,2-3H3/t18-,19-,20?,24+,25?/m0/s1. The molecule has 0 aliphatic carbocycles. The summed E-state index contributed by atoms with van der Waals surface area (Å²) < 4.78 is 11.9. The zero-order valence-electron chi connectivity index (χ0n) is 19.5. The number of carbonyl (C=O) groups is 3. The molecule has 3 saturated heterocycles. The molecule has 1 spiro atoms. The number of anilines is 1. The van der Waals surface area contributed by atoms with Crippen LogP contribution in [0.2, 0.25) is 5.02 Å². The Hall–Kier alpha value is -2.42. The van der Waals surface area contributed by atoms with Crippen LogP contribution in [0.4, 0.5) is 5.69 Å². The van der Waals surface area contributed by atoms with Crippen LogP contribution in [0.5, 0.6) is 0 Å². The van der Waals surface area contributed by atoms with E-state index in [9.17, 15) is 19.5 Å². The topological polar surface area (TPSA) is 96.4 Å². The number of fused-ring (bicyclic) bond motifs is 1. The smallest absolute Gasteiger partial charge is 0.312 e. The highest BCUT2D eigenvalue weighted by atomic mass is 35.5. The Morgan fingerprint density at radius 2 is 2.12 bits per heavy atom. The third-order valence-electron chi connectivity index (χ3n) is 7.33. The first kappa shape index (κ1) is 24.7. The summed E-state index contributed by atoms with van der Waals surface area (Å²) in [6.45, 7) is 7.73. The molecule has 5 atom stereocenters. The second kappa shape index (κ2) is 9.32. The largest absolute Gasteiger partial charge is 0.466 e. The number of nitrogens with zero attached hydrogens (tertiary/aromatic N) is 2. The van der Waals surface area contributed by atoms with Gasteiger partial charge in [-0.3, -0.25) is 14.4 Å². The average molecular weight is 491 g/mol. The van der Waals surface area contributed by atoms with Crippen molar-refractivity contribution < 1.29 is 29.0 Å². The number of halogens is 1. The summed E-state index contributed by atoms with van der Waals surface area (Å²) in [5, 5.41) is 9.85. The number of hydrogen-bond acceptors (Lipinski definition) is 6. The van der Waals surface area contributed by atoms with Crippen molar-refractivity contribution in [1.29, 1.82) is 0 Å². The van der Waals surface area contributed by atoms with Gasteiger partial charge < -0.3 is 24.4 Å². The molecule has 0 radical (unpaired) electrons. The Labute approximate surface area is 204 Å². The lowest BCUT2D eigenvalue weighted by Crippen LogP contribution is -2.56. The maximum atomic E-state index is 14.2. The van der Waals surface area contributed by atoms with Crippen molar-refractivity contribution in [3.8, 4) is 0 Å². The van der Waals surface area contributed by atoms with Crippen LogP contribution in [0.1, 0.15) is 33.1 Å². The molecule has 3 heterocycles. The van der Waals surface area contributed by atoms with Crippen LogP contribution in [-0.4, -0.2) is 71.3 Å². The summed E-state index contributed by atoms with van der Waals surface area (Å²) in [5.74, 6) is -2.76. The van der Waals surface area contributed by atoms with Crippen LogP contribution in [-0.2, 0) is 23.9 Å². The SMILES string of the molecule is C=CCN(C(=O)C1N(CCCO)C(=O)[C@@H]2[C@@H](C(=O)OCC)[C@@]3(C)CCC12O3)c1ccccc1Cl. The molecule has 9 heteroatoms. The predicted octanol–water partition coefficient (Wildman–Crippen LogP) is 2.57. The fraction of sp³-hybridized carbons (Fsp3) is 0.560. The van der Waals surface area contributed by atoms with Crippen molar-refractivity contribution in [3.63, 3.8) is 0 Å². The molecule has 1 aromatic carbocycles. The summed E-state index contributed by atoms with van der Waals surface area (Å²) in [7, 11) is 0. The Morgan fingerprint density at radius 3 is 2.76 bits per heavy atom. The first-order chi connectivity index (χ1) is 16.3. The number of para-hydroxylation sites is 1. The Kier molecular flexibility index (Phi) is 6.77. The number of hydrogen-bond donors (Lipinski definition) is 1. The summed E-state index contributed by atoms with van der Waals surface area (Å²) in [4.78, 5) is 44.0.